The maximum atomic E-state index is 14.2. The first kappa shape index (κ1) is 31.7. The molecule has 2 unspecified atom stereocenters. The zero-order valence-corrected chi connectivity index (χ0v) is 23.6. The molecule has 0 saturated carbocycles. The van der Waals surface area contributed by atoms with Crippen molar-refractivity contribution in [2.24, 2.45) is 5.73 Å². The first-order valence-corrected chi connectivity index (χ1v) is 12.5. The lowest BCUT2D eigenvalue weighted by Gasteiger charge is -2.45. The van der Waals surface area contributed by atoms with Gasteiger partial charge >= 0.3 is 6.09 Å². The summed E-state index contributed by atoms with van der Waals surface area (Å²) < 4.78 is 5.34. The highest BCUT2D eigenvalue weighted by Gasteiger charge is 2.43. The number of phenols is 1. The molecule has 10 nitrogen and oxygen atoms in total. The second kappa shape index (κ2) is 12.3. The molecule has 37 heavy (non-hydrogen) atoms. The summed E-state index contributed by atoms with van der Waals surface area (Å²) in [6.45, 7) is 16.0. The van der Waals surface area contributed by atoms with Crippen molar-refractivity contribution in [3.63, 3.8) is 0 Å². The smallest absolute Gasteiger partial charge is 0.408 e. The summed E-state index contributed by atoms with van der Waals surface area (Å²) in [6.07, 6.45) is -0.626. The zero-order valence-electron chi connectivity index (χ0n) is 23.6. The number of carbonyl (C=O) groups is 4. The predicted molar refractivity (Wildman–Crippen MR) is 142 cm³/mol. The monoisotopic (exact) mass is 520 g/mol. The number of nitrogens with one attached hydrogen (secondary N) is 2. The summed E-state index contributed by atoms with van der Waals surface area (Å²) in [6, 6.07) is 3.80. The number of nitrogens with two attached hydrogens (primary N) is 1. The van der Waals surface area contributed by atoms with Crippen molar-refractivity contribution >= 4 is 23.8 Å². The summed E-state index contributed by atoms with van der Waals surface area (Å²) in [5, 5.41) is 15.7. The molecular weight excluding hydrogens is 476 g/mol. The molecule has 2 atom stereocenters. The van der Waals surface area contributed by atoms with E-state index in [9.17, 15) is 24.3 Å². The lowest BCUT2D eigenvalue weighted by atomic mass is 9.91. The Morgan fingerprint density at radius 2 is 1.65 bits per heavy atom. The van der Waals surface area contributed by atoms with Crippen molar-refractivity contribution in [3.8, 4) is 5.75 Å². The maximum Gasteiger partial charge on any atom is 0.408 e. The molecule has 0 aliphatic heterocycles. The van der Waals surface area contributed by atoms with Crippen LogP contribution in [0.3, 0.4) is 0 Å². The molecule has 0 aromatic heterocycles. The van der Waals surface area contributed by atoms with E-state index in [1.165, 1.54) is 17.0 Å². The molecule has 208 valence electrons. The summed E-state index contributed by atoms with van der Waals surface area (Å²) in [5.74, 6) is -1.75. The van der Waals surface area contributed by atoms with E-state index in [1.54, 1.807) is 32.9 Å². The van der Waals surface area contributed by atoms with Crippen LogP contribution in [0.1, 0.15) is 93.2 Å². The number of phenolic OH excluding ortho intramolecular Hbond substituents is 1. The lowest BCUT2D eigenvalue weighted by Crippen LogP contribution is -2.60. The van der Waals surface area contributed by atoms with Gasteiger partial charge in [-0.2, -0.15) is 0 Å². The van der Waals surface area contributed by atoms with E-state index in [-0.39, 0.29) is 18.6 Å². The minimum absolute atomic E-state index is 0.0649. The molecule has 0 bridgehead atoms. The molecule has 0 saturated heterocycles. The minimum Gasteiger partial charge on any atom is -0.508 e. The van der Waals surface area contributed by atoms with Gasteiger partial charge in [-0.05, 0) is 85.9 Å². The summed E-state index contributed by atoms with van der Waals surface area (Å²) in [5.41, 5.74) is 3.43. The average molecular weight is 521 g/mol. The Bertz CT molecular complexity index is 978. The lowest BCUT2D eigenvalue weighted by molar-refractivity contribution is -0.150. The molecule has 1 rings (SSSR count). The van der Waals surface area contributed by atoms with E-state index in [0.29, 0.717) is 12.0 Å². The van der Waals surface area contributed by atoms with Crippen molar-refractivity contribution in [1.29, 1.82) is 0 Å². The van der Waals surface area contributed by atoms with Crippen LogP contribution < -0.4 is 16.4 Å². The van der Waals surface area contributed by atoms with Crippen molar-refractivity contribution in [2.45, 2.75) is 110 Å². The number of primary amides is 1. The summed E-state index contributed by atoms with van der Waals surface area (Å²) in [4.78, 5) is 53.5. The molecule has 0 heterocycles. The number of hydrogen-bond acceptors (Lipinski definition) is 6. The van der Waals surface area contributed by atoms with Crippen molar-refractivity contribution < 1.29 is 29.0 Å². The van der Waals surface area contributed by atoms with Crippen LogP contribution in [0.25, 0.3) is 0 Å². The van der Waals surface area contributed by atoms with Crippen LogP contribution in [-0.2, 0) is 19.1 Å². The Hall–Kier alpha value is -3.30. The van der Waals surface area contributed by atoms with Gasteiger partial charge in [0, 0.05) is 17.5 Å². The van der Waals surface area contributed by atoms with Gasteiger partial charge in [-0.3, -0.25) is 14.4 Å². The largest absolute Gasteiger partial charge is 0.508 e. The first-order chi connectivity index (χ1) is 16.8. The summed E-state index contributed by atoms with van der Waals surface area (Å²) in [7, 11) is 0. The molecule has 1 aromatic carbocycles. The van der Waals surface area contributed by atoms with Crippen LogP contribution in [0.4, 0.5) is 4.79 Å². The molecule has 0 radical (unpaired) electrons. The van der Waals surface area contributed by atoms with Crippen LogP contribution in [0, 0.1) is 0 Å². The highest BCUT2D eigenvalue weighted by atomic mass is 16.6. The van der Waals surface area contributed by atoms with Gasteiger partial charge in [0.2, 0.25) is 17.7 Å². The van der Waals surface area contributed by atoms with Crippen LogP contribution in [0.5, 0.6) is 5.75 Å². The van der Waals surface area contributed by atoms with E-state index >= 15 is 0 Å². The second-order valence-corrected chi connectivity index (χ2v) is 11.8. The molecule has 0 aliphatic carbocycles. The van der Waals surface area contributed by atoms with Crippen LogP contribution in [-0.4, -0.2) is 56.5 Å². The standard InChI is InChI=1S/C27H44N4O6/c1-10-27(8,9)31(21(22(34)30-25(2,3)4)17-12-11-13-18(32)16-17)23(35)19(14-15-20(28)33)29-24(36)37-26(5,6)7/h11-13,16,19,21,32H,10,14-15H2,1-9H3,(H2,28,33)(H,29,36)(H,30,34). The quantitative estimate of drug-likeness (QED) is 0.370. The van der Waals surface area contributed by atoms with Gasteiger partial charge in [-0.15, -0.1) is 0 Å². The fraction of sp³-hybridized carbons (Fsp3) is 0.630. The molecule has 5 N–H and O–H groups in total. The van der Waals surface area contributed by atoms with Crippen molar-refractivity contribution in [2.75, 3.05) is 0 Å². The van der Waals surface area contributed by atoms with Crippen LogP contribution in [0.15, 0.2) is 24.3 Å². The third kappa shape index (κ3) is 10.3. The molecular formula is C27H44N4O6. The van der Waals surface area contributed by atoms with Gasteiger partial charge in [0.15, 0.2) is 0 Å². The molecule has 0 fully saturated rings. The molecule has 0 spiro atoms. The van der Waals surface area contributed by atoms with Gasteiger partial charge in [0.1, 0.15) is 23.4 Å². The van der Waals surface area contributed by atoms with E-state index in [4.69, 9.17) is 10.5 Å². The Morgan fingerprint density at radius 3 is 2.11 bits per heavy atom. The van der Waals surface area contributed by atoms with E-state index in [1.807, 2.05) is 41.5 Å². The molecule has 1 aromatic rings. The molecule has 0 aliphatic rings. The highest BCUT2D eigenvalue weighted by molar-refractivity contribution is 5.93. The average Bonchev–Trinajstić information content (AvgIpc) is 2.71. The number of amides is 4. The molecule has 10 heteroatoms. The van der Waals surface area contributed by atoms with Gasteiger partial charge in [-0.25, -0.2) is 4.79 Å². The number of hydrogen-bond donors (Lipinski definition) is 4. The Morgan fingerprint density at radius 1 is 1.05 bits per heavy atom. The Balaban J connectivity index is 3.69. The van der Waals surface area contributed by atoms with E-state index in [2.05, 4.69) is 10.6 Å². The normalized spacial score (nSPS) is 13.8. The van der Waals surface area contributed by atoms with Gasteiger partial charge < -0.3 is 31.1 Å². The predicted octanol–water partition coefficient (Wildman–Crippen LogP) is 3.52. The van der Waals surface area contributed by atoms with Gasteiger partial charge in [0.05, 0.1) is 0 Å². The number of rotatable bonds is 10. The number of ether oxygens (including phenoxy) is 1. The SMILES string of the molecule is CCC(C)(C)N(C(=O)C(CCC(N)=O)NC(=O)OC(C)(C)C)C(C(=O)NC(C)(C)C)c1cccc(O)c1. The van der Waals surface area contributed by atoms with Gasteiger partial charge in [-0.1, -0.05) is 19.1 Å². The number of nitrogens with zero attached hydrogens (tertiary/aromatic N) is 1. The number of carbonyl (C=O) groups excluding carboxylic acids is 4. The van der Waals surface area contributed by atoms with Crippen LogP contribution in [0.2, 0.25) is 0 Å². The van der Waals surface area contributed by atoms with Crippen LogP contribution >= 0.6 is 0 Å². The minimum atomic E-state index is -1.20. The van der Waals surface area contributed by atoms with Crippen molar-refractivity contribution in [1.82, 2.24) is 15.5 Å². The van der Waals surface area contributed by atoms with Gasteiger partial charge in [0.25, 0.3) is 0 Å². The van der Waals surface area contributed by atoms with Crippen molar-refractivity contribution in [3.05, 3.63) is 29.8 Å². The first-order valence-electron chi connectivity index (χ1n) is 12.5. The maximum absolute atomic E-state index is 14.2. The Labute approximate surface area is 220 Å². The number of benzene rings is 1. The third-order valence-corrected chi connectivity index (χ3v) is 5.61. The highest BCUT2D eigenvalue weighted by Crippen LogP contribution is 2.34. The fourth-order valence-corrected chi connectivity index (χ4v) is 3.66. The summed E-state index contributed by atoms with van der Waals surface area (Å²) >= 11 is 0. The fourth-order valence-electron chi connectivity index (χ4n) is 3.66. The van der Waals surface area contributed by atoms with E-state index < -0.39 is 52.6 Å². The second-order valence-electron chi connectivity index (χ2n) is 11.8. The molecule has 4 amide bonds. The number of aromatic hydroxyl groups is 1. The Kier molecular flexibility index (Phi) is 10.5. The zero-order chi connectivity index (χ0) is 28.8. The third-order valence-electron chi connectivity index (χ3n) is 5.61. The topological polar surface area (TPSA) is 151 Å². The number of alkyl carbamates (subject to hydrolysis) is 1. The van der Waals surface area contributed by atoms with E-state index in [0.717, 1.165) is 0 Å².